The van der Waals surface area contributed by atoms with Gasteiger partial charge in [-0.1, -0.05) is 6.08 Å². The molecule has 5 atom stereocenters. The van der Waals surface area contributed by atoms with Gasteiger partial charge in [-0.15, -0.1) is 0 Å². The Bertz CT molecular complexity index is 473. The molecule has 6 nitrogen and oxygen atoms in total. The Morgan fingerprint density at radius 1 is 1.18 bits per heavy atom. The molecule has 124 valence electrons. The van der Waals surface area contributed by atoms with Crippen LogP contribution < -0.4 is 0 Å². The van der Waals surface area contributed by atoms with Crippen LogP contribution >= 0.6 is 0 Å². The van der Waals surface area contributed by atoms with Gasteiger partial charge >= 0.3 is 0 Å². The average Bonchev–Trinajstić information content (AvgIpc) is 2.56. The van der Waals surface area contributed by atoms with Gasteiger partial charge in [0.15, 0.2) is 5.79 Å². The van der Waals surface area contributed by atoms with Crippen molar-refractivity contribution < 1.29 is 29.9 Å². The molecule has 1 aliphatic heterocycles. The van der Waals surface area contributed by atoms with Crippen molar-refractivity contribution in [3.05, 3.63) is 23.3 Å². The minimum Gasteiger partial charge on any atom is -0.394 e. The maximum absolute atomic E-state index is 10.2. The minimum atomic E-state index is -1.22. The molecule has 0 aromatic heterocycles. The van der Waals surface area contributed by atoms with Crippen LogP contribution in [0.25, 0.3) is 0 Å². The zero-order valence-electron chi connectivity index (χ0n) is 12.5. The van der Waals surface area contributed by atoms with E-state index >= 15 is 0 Å². The summed E-state index contributed by atoms with van der Waals surface area (Å²) < 4.78 is 11.7. The molecule has 1 saturated heterocycles. The van der Waals surface area contributed by atoms with E-state index in [1.165, 1.54) is 17.6 Å². The van der Waals surface area contributed by atoms with Crippen LogP contribution in [0.4, 0.5) is 0 Å². The predicted molar refractivity (Wildman–Crippen MR) is 77.9 cm³/mol. The number of rotatable bonds is 3. The first-order valence-corrected chi connectivity index (χ1v) is 7.93. The lowest BCUT2D eigenvalue weighted by molar-refractivity contribution is -0.343. The topological polar surface area (TPSA) is 99.4 Å². The third-order valence-corrected chi connectivity index (χ3v) is 4.73. The van der Waals surface area contributed by atoms with E-state index < -0.39 is 36.8 Å². The summed E-state index contributed by atoms with van der Waals surface area (Å²) in [5.41, 5.74) is 2.50. The van der Waals surface area contributed by atoms with Gasteiger partial charge in [-0.2, -0.15) is 0 Å². The van der Waals surface area contributed by atoms with Crippen LogP contribution in [0, 0.1) is 0 Å². The normalized spacial score (nSPS) is 39.9. The standard InChI is InChI=1S/C16H24O6/c17-8-12(19)15-14(20)13(9-18)21-16(22-15)6-5-10-3-1-2-4-11(10)7-16/h5,7,12-15,17-20H,1-4,6,8-9H2/t12-,13+,14-,15-,16?/m1/s1. The fourth-order valence-electron chi connectivity index (χ4n) is 3.52. The first-order chi connectivity index (χ1) is 10.6. The summed E-state index contributed by atoms with van der Waals surface area (Å²) in [6.07, 6.45) is 4.54. The molecule has 1 unspecified atom stereocenters. The maximum Gasteiger partial charge on any atom is 0.192 e. The van der Waals surface area contributed by atoms with Crippen molar-refractivity contribution in [1.29, 1.82) is 0 Å². The molecule has 0 aromatic rings. The highest BCUT2D eigenvalue weighted by molar-refractivity contribution is 5.38. The number of hydrogen-bond donors (Lipinski definition) is 4. The van der Waals surface area contributed by atoms with Crippen molar-refractivity contribution in [3.63, 3.8) is 0 Å². The molecule has 1 saturated carbocycles. The molecule has 0 bridgehead atoms. The van der Waals surface area contributed by atoms with Crippen LogP contribution in [0.1, 0.15) is 32.1 Å². The van der Waals surface area contributed by atoms with E-state index in [2.05, 4.69) is 6.08 Å². The van der Waals surface area contributed by atoms with Gasteiger partial charge in [0.05, 0.1) is 13.2 Å². The Kier molecular flexibility index (Phi) is 4.68. The average molecular weight is 312 g/mol. The quantitative estimate of drug-likeness (QED) is 0.586. The monoisotopic (exact) mass is 312 g/mol. The van der Waals surface area contributed by atoms with Gasteiger partial charge in [0.25, 0.3) is 0 Å². The lowest BCUT2D eigenvalue weighted by Gasteiger charge is -2.48. The molecular formula is C16H24O6. The van der Waals surface area contributed by atoms with Gasteiger partial charge < -0.3 is 29.9 Å². The van der Waals surface area contributed by atoms with Gasteiger partial charge in [0, 0.05) is 6.42 Å². The fraction of sp³-hybridized carbons (Fsp3) is 0.750. The smallest absolute Gasteiger partial charge is 0.192 e. The van der Waals surface area contributed by atoms with Crippen molar-refractivity contribution in [2.45, 2.75) is 62.3 Å². The van der Waals surface area contributed by atoms with Gasteiger partial charge in [-0.05, 0) is 42.9 Å². The first-order valence-electron chi connectivity index (χ1n) is 7.93. The molecule has 2 aliphatic carbocycles. The second-order valence-corrected chi connectivity index (χ2v) is 6.28. The van der Waals surface area contributed by atoms with Gasteiger partial charge in [0.2, 0.25) is 0 Å². The second kappa shape index (κ2) is 6.39. The fourth-order valence-corrected chi connectivity index (χ4v) is 3.52. The Hall–Kier alpha value is -0.760. The van der Waals surface area contributed by atoms with Crippen molar-refractivity contribution in [2.24, 2.45) is 0 Å². The Balaban J connectivity index is 1.87. The number of aliphatic hydroxyl groups is 4. The summed E-state index contributed by atoms with van der Waals surface area (Å²) in [5, 5.41) is 38.7. The number of ether oxygens (including phenoxy) is 2. The summed E-state index contributed by atoms with van der Waals surface area (Å²) >= 11 is 0. The van der Waals surface area contributed by atoms with E-state index in [-0.39, 0.29) is 6.61 Å². The molecule has 4 N–H and O–H groups in total. The zero-order valence-corrected chi connectivity index (χ0v) is 12.5. The van der Waals surface area contributed by atoms with Gasteiger partial charge in [-0.3, -0.25) is 0 Å². The molecule has 22 heavy (non-hydrogen) atoms. The largest absolute Gasteiger partial charge is 0.394 e. The van der Waals surface area contributed by atoms with Crippen LogP contribution in [0.3, 0.4) is 0 Å². The summed E-state index contributed by atoms with van der Waals surface area (Å²) in [6.45, 7) is -0.895. The van der Waals surface area contributed by atoms with E-state index in [0.717, 1.165) is 19.3 Å². The molecule has 1 heterocycles. The molecule has 0 amide bonds. The minimum absolute atomic E-state index is 0.374. The molecule has 0 radical (unpaired) electrons. The molecule has 0 aromatic carbocycles. The number of hydrogen-bond acceptors (Lipinski definition) is 6. The van der Waals surface area contributed by atoms with Crippen molar-refractivity contribution in [1.82, 2.24) is 0 Å². The van der Waals surface area contributed by atoms with Crippen LogP contribution in [0.15, 0.2) is 23.3 Å². The Morgan fingerprint density at radius 2 is 1.91 bits per heavy atom. The van der Waals surface area contributed by atoms with Crippen LogP contribution in [-0.2, 0) is 9.47 Å². The van der Waals surface area contributed by atoms with Crippen molar-refractivity contribution in [2.75, 3.05) is 13.2 Å². The highest BCUT2D eigenvalue weighted by atomic mass is 16.7. The highest BCUT2D eigenvalue weighted by Gasteiger charge is 2.49. The Labute approximate surface area is 129 Å². The van der Waals surface area contributed by atoms with E-state index in [4.69, 9.17) is 14.6 Å². The second-order valence-electron chi connectivity index (χ2n) is 6.28. The van der Waals surface area contributed by atoms with E-state index in [9.17, 15) is 15.3 Å². The molecule has 1 spiro atoms. The van der Waals surface area contributed by atoms with E-state index in [0.29, 0.717) is 6.42 Å². The van der Waals surface area contributed by atoms with Gasteiger partial charge in [0.1, 0.15) is 24.4 Å². The van der Waals surface area contributed by atoms with Gasteiger partial charge in [-0.25, -0.2) is 0 Å². The number of fused-ring (bicyclic) bond motifs is 1. The lowest BCUT2D eigenvalue weighted by Crippen LogP contribution is -2.61. The van der Waals surface area contributed by atoms with Crippen molar-refractivity contribution >= 4 is 0 Å². The first kappa shape index (κ1) is 16.1. The predicted octanol–water partition coefficient (Wildman–Crippen LogP) is 0.00360. The SMILES string of the molecule is OC[C@@H](O)[C@H]1OC2(C=C3CCCCC3=CC2)O[C@@H](CO)[C@H]1O. The third-order valence-electron chi connectivity index (χ3n) is 4.73. The third kappa shape index (κ3) is 2.87. The summed E-state index contributed by atoms with van der Waals surface area (Å²) in [5.74, 6) is -1.08. The number of allylic oxidation sites excluding steroid dienone is 2. The molecule has 3 aliphatic rings. The molecule has 6 heteroatoms. The molecule has 2 fully saturated rings. The van der Waals surface area contributed by atoms with Crippen LogP contribution in [-0.4, -0.2) is 63.8 Å². The van der Waals surface area contributed by atoms with Crippen LogP contribution in [0.5, 0.6) is 0 Å². The van der Waals surface area contributed by atoms with E-state index in [1.807, 2.05) is 6.08 Å². The summed E-state index contributed by atoms with van der Waals surface area (Å²) in [6, 6.07) is 0. The molecule has 3 rings (SSSR count). The zero-order chi connectivity index (χ0) is 15.7. The highest BCUT2D eigenvalue weighted by Crippen LogP contribution is 2.41. The van der Waals surface area contributed by atoms with Crippen molar-refractivity contribution in [3.8, 4) is 0 Å². The number of aliphatic hydroxyl groups excluding tert-OH is 4. The van der Waals surface area contributed by atoms with E-state index in [1.54, 1.807) is 0 Å². The summed E-state index contributed by atoms with van der Waals surface area (Å²) in [4.78, 5) is 0. The molecular weight excluding hydrogens is 288 g/mol. The maximum atomic E-state index is 10.2. The summed E-state index contributed by atoms with van der Waals surface area (Å²) in [7, 11) is 0. The van der Waals surface area contributed by atoms with Crippen LogP contribution in [0.2, 0.25) is 0 Å². The Morgan fingerprint density at radius 3 is 2.59 bits per heavy atom. The lowest BCUT2D eigenvalue weighted by atomic mass is 9.83.